The Labute approximate surface area is 158 Å². The van der Waals surface area contributed by atoms with Gasteiger partial charge in [-0.25, -0.2) is 0 Å². The number of hydrogen-bond acceptors (Lipinski definition) is 3. The molecule has 0 aliphatic rings. The second-order valence-corrected chi connectivity index (χ2v) is 6.45. The first kappa shape index (κ1) is 18.5. The second kappa shape index (κ2) is 7.96. The number of ketones is 1. The molecule has 1 aromatic heterocycles. The van der Waals surface area contributed by atoms with Gasteiger partial charge in [0.25, 0.3) is 5.56 Å². The maximum atomic E-state index is 12.8. The molecule has 2 aromatic carbocycles. The number of aldehydes is 1. The zero-order chi connectivity index (χ0) is 19.4. The molecule has 0 bridgehead atoms. The molecule has 0 atom stereocenters. The van der Waals surface area contributed by atoms with Crippen molar-refractivity contribution in [3.8, 4) is 11.1 Å². The van der Waals surface area contributed by atoms with Crippen LogP contribution in [0.4, 0.5) is 0 Å². The summed E-state index contributed by atoms with van der Waals surface area (Å²) in [5.41, 5.74) is 4.07. The Hall–Kier alpha value is -3.27. The first-order valence-electron chi connectivity index (χ1n) is 8.92. The molecule has 136 valence electrons. The van der Waals surface area contributed by atoms with Crippen LogP contribution in [0.15, 0.2) is 65.6 Å². The highest BCUT2D eigenvalue weighted by molar-refractivity contribution is 5.98. The predicted octanol–water partition coefficient (Wildman–Crippen LogP) is 4.08. The maximum Gasteiger partial charge on any atom is 0.261 e. The second-order valence-electron chi connectivity index (χ2n) is 6.45. The number of hydrogen-bond donors (Lipinski definition) is 0. The van der Waals surface area contributed by atoms with Crippen molar-refractivity contribution >= 4 is 12.1 Å². The normalized spacial score (nSPS) is 10.6. The number of nitrogens with zero attached hydrogens (tertiary/aromatic N) is 1. The zero-order valence-electron chi connectivity index (χ0n) is 15.4. The number of benzene rings is 2. The molecule has 0 spiro atoms. The van der Waals surface area contributed by atoms with Gasteiger partial charge in [-0.3, -0.25) is 14.4 Å². The minimum Gasteiger partial charge on any atom is -0.314 e. The lowest BCUT2D eigenvalue weighted by Crippen LogP contribution is -2.27. The highest BCUT2D eigenvalue weighted by Crippen LogP contribution is 2.26. The maximum absolute atomic E-state index is 12.8. The molecule has 0 N–H and O–H groups in total. The fraction of sp³-hybridized carbons (Fsp3) is 0.174. The fourth-order valence-electron chi connectivity index (χ4n) is 3.23. The molecular formula is C23H21NO3. The topological polar surface area (TPSA) is 56.1 Å². The molecule has 4 heteroatoms. The van der Waals surface area contributed by atoms with E-state index in [9.17, 15) is 14.4 Å². The van der Waals surface area contributed by atoms with E-state index in [0.717, 1.165) is 22.3 Å². The standard InChI is InChI=1S/C23H21NO3/c1-3-24-14-17(15-25)12-21(23(24)27)22(26)13-19-10-7-11-20(16(19)2)18-8-5-4-6-9-18/h4-12,14-15H,3,13H2,1-2H3. The number of carbonyl (C=O) groups is 2. The molecule has 0 aliphatic carbocycles. The van der Waals surface area contributed by atoms with E-state index in [0.29, 0.717) is 18.4 Å². The molecule has 0 saturated carbocycles. The Balaban J connectivity index is 1.98. The monoisotopic (exact) mass is 359 g/mol. The van der Waals surface area contributed by atoms with E-state index in [1.54, 1.807) is 6.92 Å². The molecule has 3 aromatic rings. The van der Waals surface area contributed by atoms with E-state index in [-0.39, 0.29) is 23.3 Å². The van der Waals surface area contributed by atoms with Crippen molar-refractivity contribution in [2.24, 2.45) is 0 Å². The van der Waals surface area contributed by atoms with Crippen LogP contribution in [0.3, 0.4) is 0 Å². The van der Waals surface area contributed by atoms with Crippen molar-refractivity contribution in [2.45, 2.75) is 26.8 Å². The van der Waals surface area contributed by atoms with Gasteiger partial charge < -0.3 is 4.57 Å². The van der Waals surface area contributed by atoms with Crippen LogP contribution < -0.4 is 5.56 Å². The predicted molar refractivity (Wildman–Crippen MR) is 106 cm³/mol. The summed E-state index contributed by atoms with van der Waals surface area (Å²) in [6.45, 7) is 4.19. The molecule has 3 rings (SSSR count). The van der Waals surface area contributed by atoms with Gasteiger partial charge in [-0.1, -0.05) is 48.5 Å². The van der Waals surface area contributed by atoms with Crippen LogP contribution in [0.25, 0.3) is 11.1 Å². The largest absolute Gasteiger partial charge is 0.314 e. The van der Waals surface area contributed by atoms with Crippen molar-refractivity contribution in [3.63, 3.8) is 0 Å². The lowest BCUT2D eigenvalue weighted by Gasteiger charge is -2.12. The van der Waals surface area contributed by atoms with Gasteiger partial charge in [0.15, 0.2) is 12.1 Å². The van der Waals surface area contributed by atoms with Crippen LogP contribution in [0.1, 0.15) is 38.8 Å². The SMILES string of the molecule is CCn1cc(C=O)cc(C(=O)Cc2cccc(-c3ccccc3)c2C)c1=O. The summed E-state index contributed by atoms with van der Waals surface area (Å²) in [5.74, 6) is -0.279. The summed E-state index contributed by atoms with van der Waals surface area (Å²) in [6, 6.07) is 17.2. The molecule has 4 nitrogen and oxygen atoms in total. The van der Waals surface area contributed by atoms with Crippen LogP contribution in [0.5, 0.6) is 0 Å². The Bertz CT molecular complexity index is 1050. The minimum atomic E-state index is -0.357. The van der Waals surface area contributed by atoms with E-state index in [4.69, 9.17) is 0 Å². The third-order valence-corrected chi connectivity index (χ3v) is 4.77. The van der Waals surface area contributed by atoms with Gasteiger partial charge in [0.1, 0.15) is 0 Å². The fourth-order valence-corrected chi connectivity index (χ4v) is 3.23. The Kier molecular flexibility index (Phi) is 5.46. The summed E-state index contributed by atoms with van der Waals surface area (Å²) >= 11 is 0. The number of rotatable bonds is 6. The number of aromatic nitrogens is 1. The Morgan fingerprint density at radius 2 is 1.81 bits per heavy atom. The van der Waals surface area contributed by atoms with Gasteiger partial charge >= 0.3 is 0 Å². The number of aryl methyl sites for hydroxylation is 1. The average Bonchev–Trinajstić information content (AvgIpc) is 2.70. The van der Waals surface area contributed by atoms with Gasteiger partial charge in [0.2, 0.25) is 0 Å². The highest BCUT2D eigenvalue weighted by Gasteiger charge is 2.16. The summed E-state index contributed by atoms with van der Waals surface area (Å²) in [4.78, 5) is 36.5. The average molecular weight is 359 g/mol. The smallest absolute Gasteiger partial charge is 0.261 e. The lowest BCUT2D eigenvalue weighted by atomic mass is 9.93. The van der Waals surface area contributed by atoms with Crippen LogP contribution >= 0.6 is 0 Å². The van der Waals surface area contributed by atoms with E-state index in [1.807, 2.05) is 55.5 Å². The molecule has 0 aliphatic heterocycles. The minimum absolute atomic E-state index is 0.0611. The summed E-state index contributed by atoms with van der Waals surface area (Å²) < 4.78 is 1.39. The molecule has 27 heavy (non-hydrogen) atoms. The van der Waals surface area contributed by atoms with Crippen LogP contribution in [-0.2, 0) is 13.0 Å². The van der Waals surface area contributed by atoms with E-state index < -0.39 is 0 Å². The lowest BCUT2D eigenvalue weighted by molar-refractivity contribution is 0.0990. The summed E-state index contributed by atoms with van der Waals surface area (Å²) in [6.07, 6.45) is 2.25. The Morgan fingerprint density at radius 1 is 1.07 bits per heavy atom. The van der Waals surface area contributed by atoms with Crippen molar-refractivity contribution in [1.29, 1.82) is 0 Å². The quantitative estimate of drug-likeness (QED) is 0.492. The van der Waals surface area contributed by atoms with Crippen LogP contribution in [0, 0.1) is 6.92 Å². The van der Waals surface area contributed by atoms with Gasteiger partial charge in [-0.2, -0.15) is 0 Å². The van der Waals surface area contributed by atoms with Gasteiger partial charge in [-0.15, -0.1) is 0 Å². The van der Waals surface area contributed by atoms with E-state index in [1.165, 1.54) is 16.8 Å². The van der Waals surface area contributed by atoms with Gasteiger partial charge in [-0.05, 0) is 42.2 Å². The zero-order valence-corrected chi connectivity index (χ0v) is 15.4. The molecule has 0 amide bonds. The van der Waals surface area contributed by atoms with E-state index >= 15 is 0 Å². The summed E-state index contributed by atoms with van der Waals surface area (Å²) in [5, 5.41) is 0. The van der Waals surface area contributed by atoms with Crippen molar-refractivity contribution in [3.05, 3.63) is 93.4 Å². The molecular weight excluding hydrogens is 338 g/mol. The van der Waals surface area contributed by atoms with Crippen LogP contribution in [0.2, 0.25) is 0 Å². The Morgan fingerprint density at radius 3 is 2.48 bits per heavy atom. The third kappa shape index (κ3) is 3.80. The highest BCUT2D eigenvalue weighted by atomic mass is 16.1. The molecule has 1 heterocycles. The third-order valence-electron chi connectivity index (χ3n) is 4.77. The first-order chi connectivity index (χ1) is 13.0. The van der Waals surface area contributed by atoms with Crippen molar-refractivity contribution in [2.75, 3.05) is 0 Å². The number of pyridine rings is 1. The molecule has 0 fully saturated rings. The van der Waals surface area contributed by atoms with Crippen molar-refractivity contribution < 1.29 is 9.59 Å². The van der Waals surface area contributed by atoms with Crippen molar-refractivity contribution in [1.82, 2.24) is 4.57 Å². The van der Waals surface area contributed by atoms with Crippen LogP contribution in [-0.4, -0.2) is 16.6 Å². The molecule has 0 saturated heterocycles. The molecule has 0 radical (unpaired) electrons. The van der Waals surface area contributed by atoms with Gasteiger partial charge in [0.05, 0.1) is 5.56 Å². The van der Waals surface area contributed by atoms with Gasteiger partial charge in [0, 0.05) is 24.7 Å². The molecule has 0 unspecified atom stereocenters. The number of Topliss-reactive ketones (excluding diaryl/α,β-unsaturated/α-hetero) is 1. The summed E-state index contributed by atoms with van der Waals surface area (Å²) in [7, 11) is 0. The first-order valence-corrected chi connectivity index (χ1v) is 8.92. The number of carbonyl (C=O) groups excluding carboxylic acids is 2. The van der Waals surface area contributed by atoms with E-state index in [2.05, 4.69) is 0 Å².